The third-order valence-electron chi connectivity index (χ3n) is 3.41. The molecule has 1 fully saturated rings. The van der Waals surface area contributed by atoms with Crippen LogP contribution in [0, 0.1) is 6.92 Å². The van der Waals surface area contributed by atoms with E-state index in [1.165, 1.54) is 5.56 Å². The molecule has 0 unspecified atom stereocenters. The Morgan fingerprint density at radius 1 is 1.24 bits per heavy atom. The first-order valence-electron chi connectivity index (χ1n) is 6.28. The van der Waals surface area contributed by atoms with Crippen molar-refractivity contribution in [2.45, 2.75) is 44.8 Å². The number of nitrogens with one attached hydrogen (secondary N) is 1. The quantitative estimate of drug-likeness (QED) is 0.846. The van der Waals surface area contributed by atoms with Gasteiger partial charge in [0.25, 0.3) is 0 Å². The fourth-order valence-corrected chi connectivity index (χ4v) is 2.36. The van der Waals surface area contributed by atoms with Crippen LogP contribution in [0.15, 0.2) is 18.2 Å². The Morgan fingerprint density at radius 3 is 2.59 bits per heavy atom. The molecule has 3 heteroatoms. The minimum atomic E-state index is -0.104. The second-order valence-corrected chi connectivity index (χ2v) is 4.85. The highest BCUT2D eigenvalue weighted by Crippen LogP contribution is 2.29. The van der Waals surface area contributed by atoms with E-state index >= 15 is 0 Å². The lowest BCUT2D eigenvalue weighted by atomic mass is 9.93. The summed E-state index contributed by atoms with van der Waals surface area (Å²) in [5, 5.41) is 13.0. The van der Waals surface area contributed by atoms with Gasteiger partial charge in [-0.25, -0.2) is 0 Å². The molecule has 1 aliphatic rings. The second kappa shape index (κ2) is 5.41. The van der Waals surface area contributed by atoms with Crippen LogP contribution >= 0.6 is 0 Å². The molecule has 0 bridgehead atoms. The van der Waals surface area contributed by atoms with E-state index in [9.17, 15) is 5.11 Å². The van der Waals surface area contributed by atoms with Gasteiger partial charge in [0.15, 0.2) is 0 Å². The summed E-state index contributed by atoms with van der Waals surface area (Å²) in [5.74, 6) is 0.899. The lowest BCUT2D eigenvalue weighted by Crippen LogP contribution is -2.28. The van der Waals surface area contributed by atoms with Crippen molar-refractivity contribution in [2.75, 3.05) is 12.4 Å². The van der Waals surface area contributed by atoms with Crippen LogP contribution in [0.5, 0.6) is 5.75 Å². The van der Waals surface area contributed by atoms with Gasteiger partial charge in [-0.05, 0) is 50.3 Å². The van der Waals surface area contributed by atoms with Crippen LogP contribution < -0.4 is 10.1 Å². The molecule has 0 spiro atoms. The number of methoxy groups -OCH3 is 1. The molecule has 0 amide bonds. The van der Waals surface area contributed by atoms with Gasteiger partial charge in [0.05, 0.1) is 18.9 Å². The maximum absolute atomic E-state index is 9.48. The molecule has 94 valence electrons. The van der Waals surface area contributed by atoms with Crippen molar-refractivity contribution in [3.63, 3.8) is 0 Å². The first-order chi connectivity index (χ1) is 8.19. The van der Waals surface area contributed by atoms with Crippen molar-refractivity contribution in [1.82, 2.24) is 0 Å². The average Bonchev–Trinajstić information content (AvgIpc) is 2.34. The van der Waals surface area contributed by atoms with Crippen LogP contribution in [-0.2, 0) is 0 Å². The molecule has 3 nitrogen and oxygen atoms in total. The van der Waals surface area contributed by atoms with Gasteiger partial charge in [0.1, 0.15) is 5.75 Å². The summed E-state index contributed by atoms with van der Waals surface area (Å²) in [4.78, 5) is 0. The Hall–Kier alpha value is -1.22. The highest BCUT2D eigenvalue weighted by Gasteiger charge is 2.19. The number of aryl methyl sites for hydroxylation is 1. The van der Waals surface area contributed by atoms with Crippen LogP contribution in [0.3, 0.4) is 0 Å². The Balaban J connectivity index is 2.03. The molecule has 0 aromatic heterocycles. The number of ether oxygens (including phenoxy) is 1. The van der Waals surface area contributed by atoms with Crippen LogP contribution in [0.2, 0.25) is 0 Å². The normalized spacial score (nSPS) is 24.4. The molecule has 0 heterocycles. The lowest BCUT2D eigenvalue weighted by Gasteiger charge is -2.27. The van der Waals surface area contributed by atoms with Crippen molar-refractivity contribution in [3.05, 3.63) is 23.8 Å². The molecule has 2 rings (SSSR count). The van der Waals surface area contributed by atoms with Crippen molar-refractivity contribution < 1.29 is 9.84 Å². The van der Waals surface area contributed by atoms with Gasteiger partial charge in [0, 0.05) is 6.04 Å². The summed E-state index contributed by atoms with van der Waals surface area (Å²) in [5.41, 5.74) is 2.26. The monoisotopic (exact) mass is 235 g/mol. The van der Waals surface area contributed by atoms with Gasteiger partial charge < -0.3 is 15.2 Å². The van der Waals surface area contributed by atoms with Gasteiger partial charge in [-0.3, -0.25) is 0 Å². The van der Waals surface area contributed by atoms with E-state index in [1.807, 2.05) is 6.07 Å². The summed E-state index contributed by atoms with van der Waals surface area (Å²) < 4.78 is 5.38. The molecule has 2 N–H and O–H groups in total. The third-order valence-corrected chi connectivity index (χ3v) is 3.41. The molecule has 17 heavy (non-hydrogen) atoms. The fourth-order valence-electron chi connectivity index (χ4n) is 2.36. The van der Waals surface area contributed by atoms with E-state index in [0.717, 1.165) is 37.1 Å². The van der Waals surface area contributed by atoms with Crippen molar-refractivity contribution >= 4 is 5.69 Å². The van der Waals surface area contributed by atoms with Crippen molar-refractivity contribution in [3.8, 4) is 5.75 Å². The van der Waals surface area contributed by atoms with Crippen molar-refractivity contribution in [2.24, 2.45) is 0 Å². The Kier molecular flexibility index (Phi) is 3.89. The molecule has 0 radical (unpaired) electrons. The van der Waals surface area contributed by atoms with Crippen LogP contribution in [0.25, 0.3) is 0 Å². The Bertz CT molecular complexity index is 370. The minimum absolute atomic E-state index is 0.104. The summed E-state index contributed by atoms with van der Waals surface area (Å²) in [6, 6.07) is 6.65. The number of hydrogen-bond acceptors (Lipinski definition) is 3. The predicted octanol–water partition coefficient (Wildman–Crippen LogP) is 2.72. The van der Waals surface area contributed by atoms with Crippen molar-refractivity contribution in [1.29, 1.82) is 0 Å². The van der Waals surface area contributed by atoms with E-state index in [0.29, 0.717) is 6.04 Å². The van der Waals surface area contributed by atoms with Gasteiger partial charge in [-0.1, -0.05) is 6.07 Å². The number of aliphatic hydroxyl groups excluding tert-OH is 1. The Labute approximate surface area is 103 Å². The molecule has 1 aliphatic carbocycles. The highest BCUT2D eigenvalue weighted by atomic mass is 16.5. The van der Waals surface area contributed by atoms with Gasteiger partial charge in [-0.2, -0.15) is 0 Å². The van der Waals surface area contributed by atoms with Gasteiger partial charge in [-0.15, -0.1) is 0 Å². The van der Waals surface area contributed by atoms with Crippen LogP contribution in [-0.4, -0.2) is 24.4 Å². The lowest BCUT2D eigenvalue weighted by molar-refractivity contribution is 0.126. The minimum Gasteiger partial charge on any atom is -0.495 e. The maximum Gasteiger partial charge on any atom is 0.142 e. The molecule has 0 aliphatic heterocycles. The predicted molar refractivity (Wildman–Crippen MR) is 69.6 cm³/mol. The zero-order chi connectivity index (χ0) is 12.3. The maximum atomic E-state index is 9.48. The van der Waals surface area contributed by atoms with Crippen LogP contribution in [0.1, 0.15) is 31.2 Å². The summed E-state index contributed by atoms with van der Waals surface area (Å²) >= 11 is 0. The smallest absolute Gasteiger partial charge is 0.142 e. The van der Waals surface area contributed by atoms with E-state index in [2.05, 4.69) is 24.4 Å². The number of anilines is 1. The standard InChI is InChI=1S/C14H21NO2/c1-10-3-8-13(14(9-10)17-2)15-11-4-6-12(16)7-5-11/h3,8-9,11-12,15-16H,4-7H2,1-2H3. The van der Waals surface area contributed by atoms with Gasteiger partial charge >= 0.3 is 0 Å². The van der Waals surface area contributed by atoms with E-state index in [4.69, 9.17) is 4.74 Å². The molecular weight excluding hydrogens is 214 g/mol. The largest absolute Gasteiger partial charge is 0.495 e. The molecule has 1 saturated carbocycles. The number of hydrogen-bond donors (Lipinski definition) is 2. The average molecular weight is 235 g/mol. The molecule has 1 aromatic rings. The topological polar surface area (TPSA) is 41.5 Å². The third kappa shape index (κ3) is 3.13. The van der Waals surface area contributed by atoms with Gasteiger partial charge in [0.2, 0.25) is 0 Å². The fraction of sp³-hybridized carbons (Fsp3) is 0.571. The summed E-state index contributed by atoms with van der Waals surface area (Å²) in [7, 11) is 1.70. The molecule has 0 atom stereocenters. The highest BCUT2D eigenvalue weighted by molar-refractivity contribution is 5.58. The SMILES string of the molecule is COc1cc(C)ccc1NC1CCC(O)CC1. The Morgan fingerprint density at radius 2 is 1.94 bits per heavy atom. The molecule has 0 saturated heterocycles. The molecular formula is C14H21NO2. The zero-order valence-electron chi connectivity index (χ0n) is 10.6. The van der Waals surface area contributed by atoms with E-state index < -0.39 is 0 Å². The number of aliphatic hydroxyl groups is 1. The summed E-state index contributed by atoms with van der Waals surface area (Å²) in [6.45, 7) is 2.06. The van der Waals surface area contributed by atoms with E-state index in [-0.39, 0.29) is 6.10 Å². The number of benzene rings is 1. The summed E-state index contributed by atoms with van der Waals surface area (Å²) in [6.07, 6.45) is 3.74. The molecule has 1 aromatic carbocycles. The first kappa shape index (κ1) is 12.2. The van der Waals surface area contributed by atoms with Crippen LogP contribution in [0.4, 0.5) is 5.69 Å². The van der Waals surface area contributed by atoms with E-state index in [1.54, 1.807) is 7.11 Å². The zero-order valence-corrected chi connectivity index (χ0v) is 10.6. The number of rotatable bonds is 3. The second-order valence-electron chi connectivity index (χ2n) is 4.85. The first-order valence-corrected chi connectivity index (χ1v) is 6.28.